The van der Waals surface area contributed by atoms with Gasteiger partial charge in [0.05, 0.1) is 6.04 Å². The Morgan fingerprint density at radius 2 is 2.15 bits per heavy atom. The number of hydrogen-bond donors (Lipinski definition) is 1. The summed E-state index contributed by atoms with van der Waals surface area (Å²) in [4.78, 5) is 15.2. The summed E-state index contributed by atoms with van der Waals surface area (Å²) < 4.78 is 0. The summed E-state index contributed by atoms with van der Waals surface area (Å²) in [5.41, 5.74) is 1.19. The van der Waals surface area contributed by atoms with E-state index in [2.05, 4.69) is 47.2 Å². The lowest BCUT2D eigenvalue weighted by molar-refractivity contribution is -0.135. The Bertz CT molecular complexity index is 437. The minimum Gasteiger partial charge on any atom is -0.334 e. The van der Waals surface area contributed by atoms with Crippen molar-refractivity contribution in [1.82, 2.24) is 10.2 Å². The van der Waals surface area contributed by atoms with Gasteiger partial charge in [0.2, 0.25) is 5.91 Å². The third-order valence-electron chi connectivity index (χ3n) is 3.98. The van der Waals surface area contributed by atoms with Crippen molar-refractivity contribution in [2.75, 3.05) is 6.54 Å². The monoisotopic (exact) mass is 338 g/mol. The second kappa shape index (κ2) is 7.23. The van der Waals surface area contributed by atoms with Crippen molar-refractivity contribution in [3.05, 3.63) is 35.9 Å². The van der Waals surface area contributed by atoms with Crippen LogP contribution in [0, 0.1) is 0 Å². The maximum atomic E-state index is 12.7. The van der Waals surface area contributed by atoms with Crippen molar-refractivity contribution in [2.45, 2.75) is 50.1 Å². The SMILES string of the molecule is CCC(C)N(Cc1ccccc1)C(=O)C1CC(Br)CN1. The number of nitrogens with one attached hydrogen (secondary N) is 1. The first-order valence-electron chi connectivity index (χ1n) is 7.33. The van der Waals surface area contributed by atoms with Crippen molar-refractivity contribution in [3.63, 3.8) is 0 Å². The number of carbonyl (C=O) groups is 1. The lowest BCUT2D eigenvalue weighted by Gasteiger charge is -2.31. The van der Waals surface area contributed by atoms with Crippen molar-refractivity contribution in [2.24, 2.45) is 0 Å². The average Bonchev–Trinajstić information content (AvgIpc) is 2.91. The summed E-state index contributed by atoms with van der Waals surface area (Å²) in [6, 6.07) is 10.4. The van der Waals surface area contributed by atoms with E-state index in [1.807, 2.05) is 23.1 Å². The van der Waals surface area contributed by atoms with Crippen LogP contribution < -0.4 is 5.32 Å². The van der Waals surface area contributed by atoms with E-state index >= 15 is 0 Å². The standard InChI is InChI=1S/C16H23BrN2O/c1-3-12(2)19(11-13-7-5-4-6-8-13)16(20)15-9-14(17)10-18-15/h4-8,12,14-15,18H,3,9-11H2,1-2H3. The first kappa shape index (κ1) is 15.5. The van der Waals surface area contributed by atoms with Gasteiger partial charge < -0.3 is 10.2 Å². The van der Waals surface area contributed by atoms with E-state index in [9.17, 15) is 4.79 Å². The lowest BCUT2D eigenvalue weighted by Crippen LogP contribution is -2.47. The molecule has 1 aliphatic heterocycles. The summed E-state index contributed by atoms with van der Waals surface area (Å²) in [6.07, 6.45) is 1.85. The Morgan fingerprint density at radius 3 is 2.70 bits per heavy atom. The van der Waals surface area contributed by atoms with Gasteiger partial charge >= 0.3 is 0 Å². The van der Waals surface area contributed by atoms with Gasteiger partial charge in [-0.3, -0.25) is 4.79 Å². The largest absolute Gasteiger partial charge is 0.334 e. The maximum absolute atomic E-state index is 12.7. The molecule has 3 atom stereocenters. The number of benzene rings is 1. The van der Waals surface area contributed by atoms with E-state index in [0.29, 0.717) is 11.4 Å². The molecule has 3 nitrogen and oxygen atoms in total. The first-order valence-corrected chi connectivity index (χ1v) is 8.25. The highest BCUT2D eigenvalue weighted by atomic mass is 79.9. The Hall–Kier alpha value is -0.870. The maximum Gasteiger partial charge on any atom is 0.240 e. The van der Waals surface area contributed by atoms with Gasteiger partial charge in [-0.1, -0.05) is 53.2 Å². The predicted molar refractivity (Wildman–Crippen MR) is 85.9 cm³/mol. The van der Waals surface area contributed by atoms with Crippen molar-refractivity contribution < 1.29 is 4.79 Å². The molecule has 0 radical (unpaired) electrons. The van der Waals surface area contributed by atoms with E-state index in [1.54, 1.807) is 0 Å². The van der Waals surface area contributed by atoms with Gasteiger partial charge in [-0.05, 0) is 25.3 Å². The number of halogens is 1. The van der Waals surface area contributed by atoms with Crippen LogP contribution in [0.4, 0.5) is 0 Å². The molecule has 0 spiro atoms. The Kier molecular flexibility index (Phi) is 5.61. The van der Waals surface area contributed by atoms with Crippen LogP contribution in [0.3, 0.4) is 0 Å². The number of rotatable bonds is 5. The van der Waals surface area contributed by atoms with E-state index in [4.69, 9.17) is 0 Å². The molecule has 1 aliphatic rings. The van der Waals surface area contributed by atoms with Gasteiger partial charge in [0.15, 0.2) is 0 Å². The van der Waals surface area contributed by atoms with Gasteiger partial charge in [0, 0.05) is 24.0 Å². The normalized spacial score (nSPS) is 23.6. The Morgan fingerprint density at radius 1 is 1.45 bits per heavy atom. The van der Waals surface area contributed by atoms with Crippen molar-refractivity contribution in [3.8, 4) is 0 Å². The molecule has 2 rings (SSSR count). The lowest BCUT2D eigenvalue weighted by atomic mass is 10.1. The summed E-state index contributed by atoms with van der Waals surface area (Å²) in [5.74, 6) is 0.227. The molecule has 1 heterocycles. The highest BCUT2D eigenvalue weighted by molar-refractivity contribution is 9.09. The van der Waals surface area contributed by atoms with Crippen molar-refractivity contribution in [1.29, 1.82) is 0 Å². The molecule has 4 heteroatoms. The molecule has 1 N–H and O–H groups in total. The molecule has 1 amide bonds. The fourth-order valence-corrected chi connectivity index (χ4v) is 3.09. The zero-order valence-electron chi connectivity index (χ0n) is 12.2. The van der Waals surface area contributed by atoms with Crippen LogP contribution in [-0.2, 0) is 11.3 Å². The van der Waals surface area contributed by atoms with Crippen LogP contribution >= 0.6 is 15.9 Å². The predicted octanol–water partition coefficient (Wildman–Crippen LogP) is 2.94. The molecule has 1 aromatic carbocycles. The summed E-state index contributed by atoms with van der Waals surface area (Å²) in [5, 5.41) is 3.31. The van der Waals surface area contributed by atoms with Crippen LogP contribution in [0.5, 0.6) is 0 Å². The number of hydrogen-bond acceptors (Lipinski definition) is 2. The molecule has 1 aromatic rings. The molecule has 3 unspecified atom stereocenters. The molecule has 0 aliphatic carbocycles. The van der Waals surface area contributed by atoms with E-state index in [1.165, 1.54) is 5.56 Å². The number of carbonyl (C=O) groups excluding carboxylic acids is 1. The minimum absolute atomic E-state index is 0.0444. The van der Waals surface area contributed by atoms with Gasteiger partial charge in [0.25, 0.3) is 0 Å². The van der Waals surface area contributed by atoms with E-state index < -0.39 is 0 Å². The fraction of sp³-hybridized carbons (Fsp3) is 0.562. The highest BCUT2D eigenvalue weighted by Gasteiger charge is 2.32. The van der Waals surface area contributed by atoms with Crippen LogP contribution in [0.2, 0.25) is 0 Å². The van der Waals surface area contributed by atoms with E-state index in [-0.39, 0.29) is 18.0 Å². The second-order valence-electron chi connectivity index (χ2n) is 5.50. The van der Waals surface area contributed by atoms with E-state index in [0.717, 1.165) is 19.4 Å². The summed E-state index contributed by atoms with van der Waals surface area (Å²) in [7, 11) is 0. The first-order chi connectivity index (χ1) is 9.61. The van der Waals surface area contributed by atoms with Crippen LogP contribution in [0.1, 0.15) is 32.3 Å². The highest BCUT2D eigenvalue weighted by Crippen LogP contribution is 2.19. The topological polar surface area (TPSA) is 32.3 Å². The Labute approximate surface area is 129 Å². The number of alkyl halides is 1. The molecular formula is C16H23BrN2O. The second-order valence-corrected chi connectivity index (χ2v) is 6.80. The third-order valence-corrected chi connectivity index (χ3v) is 4.67. The van der Waals surface area contributed by atoms with Gasteiger partial charge in [-0.25, -0.2) is 0 Å². The quantitative estimate of drug-likeness (QED) is 0.837. The molecule has 20 heavy (non-hydrogen) atoms. The van der Waals surface area contributed by atoms with Gasteiger partial charge in [-0.2, -0.15) is 0 Å². The van der Waals surface area contributed by atoms with Crippen LogP contribution in [-0.4, -0.2) is 34.3 Å². The van der Waals surface area contributed by atoms with Crippen LogP contribution in [0.15, 0.2) is 30.3 Å². The number of amides is 1. The Balaban J connectivity index is 2.09. The van der Waals surface area contributed by atoms with Gasteiger partial charge in [-0.15, -0.1) is 0 Å². The number of nitrogens with zero attached hydrogens (tertiary/aromatic N) is 1. The molecule has 0 bridgehead atoms. The molecule has 0 saturated carbocycles. The zero-order valence-corrected chi connectivity index (χ0v) is 13.8. The zero-order chi connectivity index (χ0) is 14.5. The third kappa shape index (κ3) is 3.83. The molecular weight excluding hydrogens is 316 g/mol. The van der Waals surface area contributed by atoms with Crippen molar-refractivity contribution >= 4 is 21.8 Å². The average molecular weight is 339 g/mol. The van der Waals surface area contributed by atoms with Crippen LogP contribution in [0.25, 0.3) is 0 Å². The molecule has 1 saturated heterocycles. The summed E-state index contributed by atoms with van der Waals surface area (Å²) >= 11 is 3.58. The van der Waals surface area contributed by atoms with Gasteiger partial charge in [0.1, 0.15) is 0 Å². The summed E-state index contributed by atoms with van der Waals surface area (Å²) in [6.45, 7) is 5.82. The smallest absolute Gasteiger partial charge is 0.240 e. The molecule has 1 fully saturated rings. The fourth-order valence-electron chi connectivity index (χ4n) is 2.53. The minimum atomic E-state index is -0.0444. The molecule has 110 valence electrons. The molecule has 0 aromatic heterocycles.